The molecule has 3 rings (SSSR count). The fraction of sp³-hybridized carbons (Fsp3) is 0.812. The number of rotatable bonds is 5. The molecule has 0 radical (unpaired) electrons. The summed E-state index contributed by atoms with van der Waals surface area (Å²) in [5.74, 6) is 1.75. The monoisotopic (exact) mass is 322 g/mol. The lowest BCUT2D eigenvalue weighted by Crippen LogP contribution is -2.43. The lowest BCUT2D eigenvalue weighted by atomic mass is 10.1. The number of aryl methyl sites for hydroxylation is 2. The highest BCUT2D eigenvalue weighted by Crippen LogP contribution is 2.22. The van der Waals surface area contributed by atoms with E-state index in [-0.39, 0.29) is 24.7 Å². The Morgan fingerprint density at radius 3 is 2.91 bits per heavy atom. The zero-order valence-electron chi connectivity index (χ0n) is 14.0. The minimum atomic E-state index is 0.0576. The lowest BCUT2D eigenvalue weighted by Gasteiger charge is -2.33. The van der Waals surface area contributed by atoms with Crippen LogP contribution in [-0.2, 0) is 14.3 Å². The first kappa shape index (κ1) is 16.4. The van der Waals surface area contributed by atoms with Crippen molar-refractivity contribution in [2.75, 3.05) is 32.9 Å². The Hall–Kier alpha value is -1.47. The smallest absolute Gasteiger partial charge is 0.248 e. The van der Waals surface area contributed by atoms with Crippen LogP contribution in [0.2, 0.25) is 0 Å². The Morgan fingerprint density at radius 2 is 2.22 bits per heavy atom. The predicted molar refractivity (Wildman–Crippen MR) is 84.1 cm³/mol. The molecule has 2 fully saturated rings. The van der Waals surface area contributed by atoms with Gasteiger partial charge in [0.2, 0.25) is 5.91 Å². The molecule has 2 atom stereocenters. The number of piperidine rings is 1. The standard InChI is InChI=1S/C16H26N4O3/c1-12-17-13(2)20(18-12)14-5-3-7-19(9-14)16(21)11-22-10-15-6-4-8-23-15/h14-15H,3-11H2,1-2H3/t14-,15+/m0/s1. The molecule has 3 heterocycles. The molecular formula is C16H26N4O3. The van der Waals surface area contributed by atoms with Gasteiger partial charge in [0.15, 0.2) is 0 Å². The molecule has 0 saturated carbocycles. The molecule has 0 spiro atoms. The van der Waals surface area contributed by atoms with Gasteiger partial charge in [-0.3, -0.25) is 4.79 Å². The van der Waals surface area contributed by atoms with Gasteiger partial charge in [0.1, 0.15) is 18.3 Å². The Morgan fingerprint density at radius 1 is 1.35 bits per heavy atom. The summed E-state index contributed by atoms with van der Waals surface area (Å²) in [6, 6.07) is 0.215. The van der Waals surface area contributed by atoms with Crippen LogP contribution in [0.1, 0.15) is 43.4 Å². The van der Waals surface area contributed by atoms with Crippen LogP contribution in [0.5, 0.6) is 0 Å². The van der Waals surface area contributed by atoms with Crippen molar-refractivity contribution in [2.45, 2.75) is 51.7 Å². The van der Waals surface area contributed by atoms with Crippen LogP contribution in [0.3, 0.4) is 0 Å². The summed E-state index contributed by atoms with van der Waals surface area (Å²) in [6.07, 6.45) is 4.31. The maximum atomic E-state index is 12.4. The first-order valence-corrected chi connectivity index (χ1v) is 8.50. The molecule has 0 bridgehead atoms. The molecule has 0 aromatic carbocycles. The average molecular weight is 322 g/mol. The molecule has 0 aliphatic carbocycles. The number of nitrogens with zero attached hydrogens (tertiary/aromatic N) is 4. The Balaban J connectivity index is 1.49. The minimum absolute atomic E-state index is 0.0576. The molecule has 1 aromatic heterocycles. The topological polar surface area (TPSA) is 69.5 Å². The second-order valence-electron chi connectivity index (χ2n) is 6.44. The molecule has 2 aliphatic heterocycles. The van der Waals surface area contributed by atoms with E-state index < -0.39 is 0 Å². The number of ether oxygens (including phenoxy) is 2. The van der Waals surface area contributed by atoms with Crippen molar-refractivity contribution in [3.63, 3.8) is 0 Å². The molecule has 2 aliphatic rings. The van der Waals surface area contributed by atoms with E-state index in [9.17, 15) is 4.79 Å². The maximum Gasteiger partial charge on any atom is 0.248 e. The predicted octanol–water partition coefficient (Wildman–Crippen LogP) is 1.25. The molecule has 2 saturated heterocycles. The van der Waals surface area contributed by atoms with E-state index in [1.54, 1.807) is 0 Å². The fourth-order valence-corrected chi connectivity index (χ4v) is 3.41. The van der Waals surface area contributed by atoms with Crippen molar-refractivity contribution in [1.82, 2.24) is 19.7 Å². The van der Waals surface area contributed by atoms with Gasteiger partial charge in [0.25, 0.3) is 0 Å². The number of hydrogen-bond donors (Lipinski definition) is 0. The van der Waals surface area contributed by atoms with Crippen LogP contribution in [0, 0.1) is 13.8 Å². The maximum absolute atomic E-state index is 12.4. The quantitative estimate of drug-likeness (QED) is 0.816. The molecule has 23 heavy (non-hydrogen) atoms. The number of aromatic nitrogens is 3. The summed E-state index contributed by atoms with van der Waals surface area (Å²) < 4.78 is 13.0. The van der Waals surface area contributed by atoms with Crippen molar-refractivity contribution in [3.05, 3.63) is 11.6 Å². The van der Waals surface area contributed by atoms with Crippen LogP contribution in [-0.4, -0.2) is 64.6 Å². The number of hydrogen-bond acceptors (Lipinski definition) is 5. The van der Waals surface area contributed by atoms with E-state index in [0.717, 1.165) is 50.5 Å². The second-order valence-corrected chi connectivity index (χ2v) is 6.44. The van der Waals surface area contributed by atoms with E-state index in [2.05, 4.69) is 10.1 Å². The molecule has 1 amide bonds. The highest BCUT2D eigenvalue weighted by Gasteiger charge is 2.27. The van der Waals surface area contributed by atoms with Crippen LogP contribution >= 0.6 is 0 Å². The van der Waals surface area contributed by atoms with Crippen LogP contribution in [0.15, 0.2) is 0 Å². The van der Waals surface area contributed by atoms with Crippen molar-refractivity contribution < 1.29 is 14.3 Å². The number of carbonyl (C=O) groups is 1. The van der Waals surface area contributed by atoms with Crippen molar-refractivity contribution in [2.24, 2.45) is 0 Å². The Bertz CT molecular complexity index is 539. The Labute approximate surface area is 137 Å². The summed E-state index contributed by atoms with van der Waals surface area (Å²) >= 11 is 0. The van der Waals surface area contributed by atoms with E-state index >= 15 is 0 Å². The fourth-order valence-electron chi connectivity index (χ4n) is 3.41. The van der Waals surface area contributed by atoms with Gasteiger partial charge in [-0.15, -0.1) is 0 Å². The van der Waals surface area contributed by atoms with Gasteiger partial charge in [0, 0.05) is 19.7 Å². The first-order chi connectivity index (χ1) is 11.1. The second kappa shape index (κ2) is 7.40. The van der Waals surface area contributed by atoms with Crippen LogP contribution in [0.25, 0.3) is 0 Å². The third kappa shape index (κ3) is 4.09. The van der Waals surface area contributed by atoms with E-state index in [4.69, 9.17) is 9.47 Å². The molecule has 0 N–H and O–H groups in total. The number of likely N-dealkylation sites (tertiary alicyclic amines) is 1. The number of carbonyl (C=O) groups excluding carboxylic acids is 1. The largest absolute Gasteiger partial charge is 0.376 e. The van der Waals surface area contributed by atoms with Gasteiger partial charge in [-0.05, 0) is 39.5 Å². The highest BCUT2D eigenvalue weighted by atomic mass is 16.5. The van der Waals surface area contributed by atoms with Gasteiger partial charge >= 0.3 is 0 Å². The summed E-state index contributed by atoms with van der Waals surface area (Å²) in [5.41, 5.74) is 0. The van der Waals surface area contributed by atoms with E-state index in [0.29, 0.717) is 13.2 Å². The first-order valence-electron chi connectivity index (χ1n) is 8.50. The van der Waals surface area contributed by atoms with Gasteiger partial charge in [-0.25, -0.2) is 9.67 Å². The normalized spacial score (nSPS) is 25.0. The molecule has 7 heteroatoms. The van der Waals surface area contributed by atoms with E-state index in [1.165, 1.54) is 0 Å². The van der Waals surface area contributed by atoms with Crippen LogP contribution < -0.4 is 0 Å². The highest BCUT2D eigenvalue weighted by molar-refractivity contribution is 5.77. The Kier molecular flexibility index (Phi) is 5.27. The van der Waals surface area contributed by atoms with Crippen molar-refractivity contribution in [1.29, 1.82) is 0 Å². The minimum Gasteiger partial charge on any atom is -0.376 e. The van der Waals surface area contributed by atoms with E-state index in [1.807, 2.05) is 23.4 Å². The molecule has 1 aromatic rings. The summed E-state index contributed by atoms with van der Waals surface area (Å²) in [5, 5.41) is 4.46. The van der Waals surface area contributed by atoms with Crippen molar-refractivity contribution in [3.8, 4) is 0 Å². The average Bonchev–Trinajstić information content (AvgIpc) is 3.17. The third-order valence-electron chi connectivity index (χ3n) is 4.56. The summed E-state index contributed by atoms with van der Waals surface area (Å²) in [6.45, 7) is 6.82. The van der Waals surface area contributed by atoms with Gasteiger partial charge in [-0.2, -0.15) is 5.10 Å². The SMILES string of the molecule is Cc1nc(C)n([C@H]2CCCN(C(=O)COC[C@H]3CCCO3)C2)n1. The van der Waals surface area contributed by atoms with Crippen molar-refractivity contribution >= 4 is 5.91 Å². The number of amides is 1. The zero-order valence-corrected chi connectivity index (χ0v) is 14.0. The summed E-state index contributed by atoms with van der Waals surface area (Å²) in [4.78, 5) is 18.6. The lowest BCUT2D eigenvalue weighted by molar-refractivity contribution is -0.139. The molecular weight excluding hydrogens is 296 g/mol. The zero-order chi connectivity index (χ0) is 16.2. The molecule has 0 unspecified atom stereocenters. The molecule has 128 valence electrons. The van der Waals surface area contributed by atoms with Gasteiger partial charge in [0.05, 0.1) is 18.8 Å². The summed E-state index contributed by atoms with van der Waals surface area (Å²) in [7, 11) is 0. The van der Waals surface area contributed by atoms with Gasteiger partial charge < -0.3 is 14.4 Å². The third-order valence-corrected chi connectivity index (χ3v) is 4.56. The molecule has 7 nitrogen and oxygen atoms in total. The van der Waals surface area contributed by atoms with Crippen LogP contribution in [0.4, 0.5) is 0 Å². The van der Waals surface area contributed by atoms with Gasteiger partial charge in [-0.1, -0.05) is 0 Å².